The number of hydrogen-bond donors (Lipinski definition) is 0. The molecule has 1 aromatic rings. The summed E-state index contributed by atoms with van der Waals surface area (Å²) >= 11 is -0.351. The number of unbranched alkanes of at least 4 members (excludes halogenated alkanes) is 3. The van der Waals surface area contributed by atoms with Gasteiger partial charge in [-0.1, -0.05) is 38.3 Å². The summed E-state index contributed by atoms with van der Waals surface area (Å²) in [7, 11) is 0. The van der Waals surface area contributed by atoms with Crippen molar-refractivity contribution in [1.82, 2.24) is 0 Å². The van der Waals surface area contributed by atoms with Crippen LogP contribution >= 0.6 is 12.4 Å². The number of ether oxygens (including phenoxy) is 1. The third-order valence-corrected chi connectivity index (χ3v) is 5.02. The van der Waals surface area contributed by atoms with Crippen LogP contribution in [0, 0.1) is 5.92 Å². The molecule has 0 spiro atoms. The van der Waals surface area contributed by atoms with Crippen LogP contribution in [0.5, 0.6) is 5.75 Å². The molecule has 0 saturated heterocycles. The van der Waals surface area contributed by atoms with Crippen molar-refractivity contribution in [2.45, 2.75) is 64.2 Å². The number of hydrogen-bond acceptors (Lipinski definition) is 4. The number of rotatable bonds is 9. The molecule has 1 aliphatic carbocycles. The Bertz CT molecular complexity index is 499. The number of carbonyl (C=O) groups excluding carboxylic acids is 1. The Hall–Kier alpha value is -1.58. The van der Waals surface area contributed by atoms with Gasteiger partial charge >= 0.3 is 5.97 Å². The maximum atomic E-state index is 12.0. The van der Waals surface area contributed by atoms with Gasteiger partial charge in [-0.05, 0) is 55.7 Å². The molecular formula is C19H27F6O3S-5. The lowest BCUT2D eigenvalue weighted by molar-refractivity contribution is -0.138. The minimum Gasteiger partial charge on any atom is -1.00 e. The standard InChI is InChI=1S/C19H27FO3S.5FH/c1-2-3-4-5-14-22-18-12-10-16(11-13-18)15-6-8-17(9-7-15)19(21)23-24-20;;;;;/h10-13,15,17H,2-9,14H2,1H3;5*1H/p-5. The first-order chi connectivity index (χ1) is 11.7. The fourth-order valence-electron chi connectivity index (χ4n) is 3.32. The Labute approximate surface area is 172 Å². The van der Waals surface area contributed by atoms with E-state index in [0.717, 1.165) is 44.5 Å². The molecule has 1 aromatic carbocycles. The van der Waals surface area contributed by atoms with Gasteiger partial charge in [-0.2, -0.15) is 0 Å². The van der Waals surface area contributed by atoms with E-state index in [9.17, 15) is 8.68 Å². The monoisotopic (exact) mass is 449 g/mol. The van der Waals surface area contributed by atoms with Crippen molar-refractivity contribution < 1.29 is 41.1 Å². The third kappa shape index (κ3) is 11.9. The van der Waals surface area contributed by atoms with E-state index in [1.807, 2.05) is 12.1 Å². The van der Waals surface area contributed by atoms with E-state index in [1.54, 1.807) is 0 Å². The van der Waals surface area contributed by atoms with Crippen LogP contribution in [0.25, 0.3) is 0 Å². The molecule has 0 atom stereocenters. The lowest BCUT2D eigenvalue weighted by Gasteiger charge is -2.27. The predicted molar refractivity (Wildman–Crippen MR) is 95.6 cm³/mol. The van der Waals surface area contributed by atoms with Gasteiger partial charge in [0.2, 0.25) is 0 Å². The Morgan fingerprint density at radius 2 is 1.55 bits per heavy atom. The molecule has 29 heavy (non-hydrogen) atoms. The molecule has 0 unspecified atom stereocenters. The Morgan fingerprint density at radius 3 is 2.07 bits per heavy atom. The third-order valence-electron chi connectivity index (χ3n) is 4.79. The van der Waals surface area contributed by atoms with Crippen LogP contribution in [-0.4, -0.2) is 12.6 Å². The smallest absolute Gasteiger partial charge is 0.323 e. The highest BCUT2D eigenvalue weighted by Gasteiger charge is 2.28. The van der Waals surface area contributed by atoms with Crippen molar-refractivity contribution >= 4 is 18.4 Å². The normalized spacial score (nSPS) is 17.0. The maximum absolute atomic E-state index is 12.0. The molecule has 2 rings (SSSR count). The fraction of sp³-hybridized carbons (Fsp3) is 0.632. The van der Waals surface area contributed by atoms with Gasteiger partial charge in [-0.3, -0.25) is 4.79 Å². The van der Waals surface area contributed by atoms with Crippen molar-refractivity contribution in [3.05, 3.63) is 29.8 Å². The van der Waals surface area contributed by atoms with Gasteiger partial charge in [0.25, 0.3) is 12.4 Å². The second-order valence-electron chi connectivity index (χ2n) is 6.49. The lowest BCUT2D eigenvalue weighted by Crippen LogP contribution is -3.00. The zero-order chi connectivity index (χ0) is 17.2. The second-order valence-corrected chi connectivity index (χ2v) is 6.78. The summed E-state index contributed by atoms with van der Waals surface area (Å²) in [5, 5.41) is 0. The zero-order valence-corrected chi connectivity index (χ0v) is 17.0. The number of benzene rings is 1. The van der Waals surface area contributed by atoms with E-state index in [1.165, 1.54) is 24.8 Å². The van der Waals surface area contributed by atoms with Crippen molar-refractivity contribution in [1.29, 1.82) is 0 Å². The van der Waals surface area contributed by atoms with Crippen molar-refractivity contribution in [2.75, 3.05) is 6.61 Å². The van der Waals surface area contributed by atoms with Crippen molar-refractivity contribution in [3.8, 4) is 5.75 Å². The van der Waals surface area contributed by atoms with Crippen LogP contribution in [0.4, 0.5) is 3.89 Å². The van der Waals surface area contributed by atoms with Crippen LogP contribution in [-0.2, 0) is 8.98 Å². The van der Waals surface area contributed by atoms with Gasteiger partial charge in [0, 0.05) is 0 Å². The Kier molecular flexibility index (Phi) is 23.7. The molecule has 10 heteroatoms. The van der Waals surface area contributed by atoms with E-state index in [0.29, 0.717) is 5.92 Å². The largest absolute Gasteiger partial charge is 1.00 e. The molecule has 0 bridgehead atoms. The van der Waals surface area contributed by atoms with E-state index >= 15 is 0 Å². The van der Waals surface area contributed by atoms with Crippen LogP contribution in [0.15, 0.2) is 24.3 Å². The molecule has 0 amide bonds. The summed E-state index contributed by atoms with van der Waals surface area (Å²) in [6, 6.07) is 8.33. The highest BCUT2D eigenvalue weighted by atomic mass is 32.2. The summed E-state index contributed by atoms with van der Waals surface area (Å²) in [5.41, 5.74) is 1.29. The summed E-state index contributed by atoms with van der Waals surface area (Å²) in [6.07, 6.45) is 8.24. The molecular weight excluding hydrogens is 422 g/mol. The molecule has 3 nitrogen and oxygen atoms in total. The van der Waals surface area contributed by atoms with Gasteiger partial charge in [0.1, 0.15) is 5.75 Å². The zero-order valence-electron chi connectivity index (χ0n) is 16.2. The minimum absolute atomic E-state index is 0. The Morgan fingerprint density at radius 1 is 0.966 bits per heavy atom. The molecule has 0 aromatic heterocycles. The topological polar surface area (TPSA) is 35.5 Å². The summed E-state index contributed by atoms with van der Waals surface area (Å²) < 4.78 is 22.2. The first-order valence-electron chi connectivity index (χ1n) is 8.96. The van der Waals surface area contributed by atoms with E-state index in [-0.39, 0.29) is 41.9 Å². The van der Waals surface area contributed by atoms with Gasteiger partial charge in [0.05, 0.1) is 12.5 Å². The van der Waals surface area contributed by atoms with Crippen LogP contribution < -0.4 is 28.3 Å². The highest BCUT2D eigenvalue weighted by Crippen LogP contribution is 2.37. The van der Waals surface area contributed by atoms with Crippen LogP contribution in [0.1, 0.15) is 69.8 Å². The summed E-state index contributed by atoms with van der Waals surface area (Å²) in [6.45, 7) is 2.98. The average Bonchev–Trinajstić information content (AvgIpc) is 2.62. The fourth-order valence-corrected chi connectivity index (χ4v) is 3.51. The SMILES string of the molecule is CCCCCCOc1ccc(C2CCC(C(=O)OSF)CC2)cc1.[F-].[F-].[F-].[F-].[F-]. The average molecular weight is 449 g/mol. The summed E-state index contributed by atoms with van der Waals surface area (Å²) in [5.74, 6) is 0.807. The predicted octanol–water partition coefficient (Wildman–Crippen LogP) is -8.98. The van der Waals surface area contributed by atoms with Crippen molar-refractivity contribution in [3.63, 3.8) is 0 Å². The molecule has 1 aliphatic rings. The highest BCUT2D eigenvalue weighted by molar-refractivity contribution is 7.89. The molecule has 0 heterocycles. The van der Waals surface area contributed by atoms with Gasteiger partial charge in [0.15, 0.2) is 0 Å². The quantitative estimate of drug-likeness (QED) is 0.213. The van der Waals surface area contributed by atoms with Crippen LogP contribution in [0.3, 0.4) is 0 Å². The Balaban J connectivity index is -0.000000625. The molecule has 0 radical (unpaired) electrons. The van der Waals surface area contributed by atoms with Gasteiger partial charge < -0.3 is 32.4 Å². The first kappa shape index (κ1) is 34.9. The molecule has 0 N–H and O–H groups in total. The maximum Gasteiger partial charge on any atom is 0.323 e. The molecule has 174 valence electrons. The van der Waals surface area contributed by atoms with E-state index < -0.39 is 5.97 Å². The molecule has 1 saturated carbocycles. The first-order valence-corrected chi connectivity index (χ1v) is 9.60. The van der Waals surface area contributed by atoms with Gasteiger partial charge in [-0.15, -0.1) is 3.89 Å². The van der Waals surface area contributed by atoms with Crippen molar-refractivity contribution in [2.24, 2.45) is 5.92 Å². The number of carbonyl (C=O) groups is 1. The summed E-state index contributed by atoms with van der Waals surface area (Å²) in [4.78, 5) is 11.6. The lowest BCUT2D eigenvalue weighted by atomic mass is 9.79. The minimum atomic E-state index is -0.423. The van der Waals surface area contributed by atoms with E-state index in [2.05, 4.69) is 23.2 Å². The second kappa shape index (κ2) is 19.7. The van der Waals surface area contributed by atoms with Gasteiger partial charge in [-0.25, -0.2) is 0 Å². The number of halogens is 6. The molecule has 1 fully saturated rings. The van der Waals surface area contributed by atoms with E-state index in [4.69, 9.17) is 4.74 Å². The van der Waals surface area contributed by atoms with Crippen LogP contribution in [0.2, 0.25) is 0 Å². The molecule has 0 aliphatic heterocycles.